The molecule has 0 fully saturated rings. The van der Waals surface area contributed by atoms with E-state index in [0.717, 1.165) is 45.0 Å². The van der Waals surface area contributed by atoms with Gasteiger partial charge in [0.2, 0.25) is 0 Å². The molecular weight excluding hydrogens is 430 g/mol. The quantitative estimate of drug-likeness (QED) is 0.418. The fourth-order valence-corrected chi connectivity index (χ4v) is 5.33. The molecule has 156 valence electrons. The van der Waals surface area contributed by atoms with Gasteiger partial charge in [-0.1, -0.05) is 29.8 Å². The van der Waals surface area contributed by atoms with Crippen molar-refractivity contribution in [2.75, 3.05) is 18.6 Å². The summed E-state index contributed by atoms with van der Waals surface area (Å²) >= 11 is 7.80. The van der Waals surface area contributed by atoms with Gasteiger partial charge in [0.05, 0.1) is 28.4 Å². The Hall–Kier alpha value is -3.09. The number of carbonyl (C=O) groups excluding carboxylic acids is 1. The van der Waals surface area contributed by atoms with E-state index in [1.54, 1.807) is 18.0 Å². The molecule has 2 aromatic carbocycles. The molecule has 0 radical (unpaired) electrons. The number of aromatic nitrogens is 2. The highest BCUT2D eigenvalue weighted by molar-refractivity contribution is 7.17. The maximum atomic E-state index is 13.2. The van der Waals surface area contributed by atoms with Crippen LogP contribution in [0.2, 0.25) is 5.02 Å². The number of benzene rings is 2. The molecule has 1 N–H and O–H groups in total. The zero-order valence-corrected chi connectivity index (χ0v) is 18.7. The van der Waals surface area contributed by atoms with Gasteiger partial charge in [-0.3, -0.25) is 9.89 Å². The second-order valence-electron chi connectivity index (χ2n) is 7.50. The fourth-order valence-electron chi connectivity index (χ4n) is 3.86. The van der Waals surface area contributed by atoms with E-state index in [9.17, 15) is 4.79 Å². The molecular formula is C24H20ClN3O2S. The number of H-pyrrole nitrogens is 1. The minimum Gasteiger partial charge on any atom is -0.493 e. The maximum Gasteiger partial charge on any atom is 0.268 e. The number of thiophene rings is 1. The zero-order valence-electron chi connectivity index (χ0n) is 17.1. The lowest BCUT2D eigenvalue weighted by atomic mass is 10.0. The number of anilines is 1. The van der Waals surface area contributed by atoms with Crippen LogP contribution in [0.25, 0.3) is 21.6 Å². The van der Waals surface area contributed by atoms with Crippen molar-refractivity contribution < 1.29 is 9.53 Å². The first-order valence-corrected chi connectivity index (χ1v) is 11.1. The maximum absolute atomic E-state index is 13.2. The van der Waals surface area contributed by atoms with Gasteiger partial charge in [-0.25, -0.2) is 0 Å². The van der Waals surface area contributed by atoms with E-state index in [1.807, 2.05) is 37.4 Å². The van der Waals surface area contributed by atoms with Gasteiger partial charge >= 0.3 is 0 Å². The Balaban J connectivity index is 1.52. The van der Waals surface area contributed by atoms with Gasteiger partial charge in [-0.15, -0.1) is 11.3 Å². The molecule has 0 unspecified atom stereocenters. The standard InChI is InChI=1S/C24H20ClN3O2S/c1-14-18(13-26-27-14)15-7-8-17-21(11-15)30-10-9-16-12-22(31-23(16)17)24(29)28(2)20-6-4-3-5-19(20)25/h3-8,11-13H,9-10H2,1-2H3,(H,26,27). The number of fused-ring (bicyclic) bond motifs is 3. The summed E-state index contributed by atoms with van der Waals surface area (Å²) in [5.74, 6) is 0.761. The summed E-state index contributed by atoms with van der Waals surface area (Å²) in [4.78, 5) is 16.6. The molecule has 7 heteroatoms. The first-order chi connectivity index (χ1) is 15.0. The number of carbonyl (C=O) groups is 1. The van der Waals surface area contributed by atoms with Gasteiger partial charge in [-0.2, -0.15) is 5.10 Å². The molecule has 5 nitrogen and oxygen atoms in total. The van der Waals surface area contributed by atoms with Crippen LogP contribution in [-0.4, -0.2) is 29.8 Å². The topological polar surface area (TPSA) is 58.2 Å². The minimum absolute atomic E-state index is 0.0701. The number of hydrogen-bond acceptors (Lipinski definition) is 4. The van der Waals surface area contributed by atoms with E-state index in [2.05, 4.69) is 28.4 Å². The number of aromatic amines is 1. The van der Waals surface area contributed by atoms with Crippen LogP contribution in [0.1, 0.15) is 20.9 Å². The molecule has 0 aliphatic carbocycles. The third-order valence-electron chi connectivity index (χ3n) is 5.53. The second kappa shape index (κ2) is 7.87. The number of para-hydroxylation sites is 1. The highest BCUT2D eigenvalue weighted by atomic mass is 35.5. The molecule has 1 aliphatic heterocycles. The van der Waals surface area contributed by atoms with Gasteiger partial charge in [0.25, 0.3) is 5.91 Å². The second-order valence-corrected chi connectivity index (χ2v) is 8.96. The summed E-state index contributed by atoms with van der Waals surface area (Å²) in [5, 5.41) is 7.65. The Morgan fingerprint density at radius 1 is 1.19 bits per heavy atom. The number of ether oxygens (including phenoxy) is 1. The molecule has 1 aliphatic rings. The van der Waals surface area contributed by atoms with Crippen LogP contribution in [0, 0.1) is 6.92 Å². The number of amides is 1. The summed E-state index contributed by atoms with van der Waals surface area (Å²) in [5.41, 5.74) is 5.97. The Morgan fingerprint density at radius 2 is 2.03 bits per heavy atom. The molecule has 2 aromatic heterocycles. The van der Waals surface area contributed by atoms with Crippen molar-refractivity contribution in [1.82, 2.24) is 10.2 Å². The van der Waals surface area contributed by atoms with Crippen LogP contribution in [0.3, 0.4) is 0 Å². The van der Waals surface area contributed by atoms with Crippen molar-refractivity contribution in [3.8, 4) is 27.3 Å². The van der Waals surface area contributed by atoms with Crippen LogP contribution < -0.4 is 9.64 Å². The van der Waals surface area contributed by atoms with Crippen molar-refractivity contribution in [3.05, 3.63) is 75.9 Å². The Bertz CT molecular complexity index is 1290. The number of aryl methyl sites for hydroxylation is 1. The summed E-state index contributed by atoms with van der Waals surface area (Å²) in [6.45, 7) is 2.57. The molecule has 4 aromatic rings. The average molecular weight is 450 g/mol. The van der Waals surface area contributed by atoms with Crippen molar-refractivity contribution >= 4 is 34.5 Å². The van der Waals surface area contributed by atoms with Crippen molar-refractivity contribution in [2.24, 2.45) is 0 Å². The number of rotatable bonds is 3. The number of nitrogens with one attached hydrogen (secondary N) is 1. The van der Waals surface area contributed by atoms with E-state index in [-0.39, 0.29) is 5.91 Å². The molecule has 0 bridgehead atoms. The fraction of sp³-hybridized carbons (Fsp3) is 0.167. The van der Waals surface area contributed by atoms with E-state index in [4.69, 9.17) is 16.3 Å². The highest BCUT2D eigenvalue weighted by Gasteiger charge is 2.24. The highest BCUT2D eigenvalue weighted by Crippen LogP contribution is 2.43. The SMILES string of the molecule is Cc1[nH]ncc1-c1ccc2c(c1)OCCc1cc(C(=O)N(C)c3ccccc3Cl)sc1-2. The van der Waals surface area contributed by atoms with E-state index in [0.29, 0.717) is 22.2 Å². The number of hydrogen-bond donors (Lipinski definition) is 1. The largest absolute Gasteiger partial charge is 0.493 e. The Labute approximate surface area is 189 Å². The van der Waals surface area contributed by atoms with Gasteiger partial charge in [0.15, 0.2) is 0 Å². The van der Waals surface area contributed by atoms with Crippen LogP contribution >= 0.6 is 22.9 Å². The molecule has 0 atom stereocenters. The van der Waals surface area contributed by atoms with Crippen LogP contribution in [0.4, 0.5) is 5.69 Å². The number of halogens is 1. The van der Waals surface area contributed by atoms with Crippen molar-refractivity contribution in [2.45, 2.75) is 13.3 Å². The molecule has 0 spiro atoms. The first-order valence-electron chi connectivity index (χ1n) is 9.96. The zero-order chi connectivity index (χ0) is 21.5. The predicted molar refractivity (Wildman–Crippen MR) is 125 cm³/mol. The summed E-state index contributed by atoms with van der Waals surface area (Å²) in [7, 11) is 1.76. The first kappa shape index (κ1) is 19.8. The lowest BCUT2D eigenvalue weighted by Gasteiger charge is -2.17. The number of nitrogens with zero attached hydrogens (tertiary/aromatic N) is 2. The van der Waals surface area contributed by atoms with Gasteiger partial charge < -0.3 is 9.64 Å². The van der Waals surface area contributed by atoms with Crippen LogP contribution in [0.15, 0.2) is 54.7 Å². The average Bonchev–Trinajstić information content (AvgIpc) is 3.35. The van der Waals surface area contributed by atoms with Crippen LogP contribution in [-0.2, 0) is 6.42 Å². The monoisotopic (exact) mass is 449 g/mol. The van der Waals surface area contributed by atoms with Gasteiger partial charge in [0, 0.05) is 35.2 Å². The minimum atomic E-state index is -0.0701. The summed E-state index contributed by atoms with van der Waals surface area (Å²) in [6.07, 6.45) is 2.58. The van der Waals surface area contributed by atoms with Gasteiger partial charge in [-0.05, 0) is 48.4 Å². The van der Waals surface area contributed by atoms with E-state index < -0.39 is 0 Å². The Kier molecular flexibility index (Phi) is 5.04. The Morgan fingerprint density at radius 3 is 2.81 bits per heavy atom. The van der Waals surface area contributed by atoms with Crippen molar-refractivity contribution in [1.29, 1.82) is 0 Å². The predicted octanol–water partition coefficient (Wildman–Crippen LogP) is 5.98. The third kappa shape index (κ3) is 3.52. The molecule has 0 saturated carbocycles. The molecule has 1 amide bonds. The summed E-state index contributed by atoms with van der Waals surface area (Å²) in [6, 6.07) is 15.6. The smallest absolute Gasteiger partial charge is 0.268 e. The van der Waals surface area contributed by atoms with Gasteiger partial charge in [0.1, 0.15) is 5.75 Å². The van der Waals surface area contributed by atoms with E-state index in [1.165, 1.54) is 11.3 Å². The third-order valence-corrected chi connectivity index (χ3v) is 7.05. The normalized spacial score (nSPS) is 12.5. The lowest BCUT2D eigenvalue weighted by molar-refractivity contribution is 0.0996. The molecule has 5 rings (SSSR count). The lowest BCUT2D eigenvalue weighted by Crippen LogP contribution is -2.25. The van der Waals surface area contributed by atoms with Crippen LogP contribution in [0.5, 0.6) is 5.75 Å². The molecule has 0 saturated heterocycles. The summed E-state index contributed by atoms with van der Waals surface area (Å²) < 4.78 is 6.06. The molecule has 3 heterocycles. The molecule has 31 heavy (non-hydrogen) atoms. The van der Waals surface area contributed by atoms with E-state index >= 15 is 0 Å². The van der Waals surface area contributed by atoms with Crippen molar-refractivity contribution in [3.63, 3.8) is 0 Å².